The molecule has 2 heterocycles. The Hall–Kier alpha value is -3.19. The molecular formula is C25H29N3O4. The molecule has 0 radical (unpaired) electrons. The molecule has 0 spiro atoms. The highest BCUT2D eigenvalue weighted by Crippen LogP contribution is 2.36. The number of nitrogens with one attached hydrogen (secondary N) is 2. The van der Waals surface area contributed by atoms with Crippen molar-refractivity contribution in [3.8, 4) is 0 Å². The molecule has 0 aromatic heterocycles. The van der Waals surface area contributed by atoms with Gasteiger partial charge in [0.05, 0.1) is 11.5 Å². The van der Waals surface area contributed by atoms with E-state index < -0.39 is 17.4 Å². The summed E-state index contributed by atoms with van der Waals surface area (Å²) in [5, 5.41) is 15.2. The summed E-state index contributed by atoms with van der Waals surface area (Å²) in [6, 6.07) is 16.4. The zero-order chi connectivity index (χ0) is 22.7. The van der Waals surface area contributed by atoms with Gasteiger partial charge in [-0.3, -0.25) is 14.4 Å². The maximum Gasteiger partial charge on any atom is 0.325 e. The highest BCUT2D eigenvalue weighted by atomic mass is 16.4. The average Bonchev–Trinajstić information content (AvgIpc) is 2.83. The predicted molar refractivity (Wildman–Crippen MR) is 120 cm³/mol. The zero-order valence-corrected chi connectivity index (χ0v) is 18.2. The van der Waals surface area contributed by atoms with Crippen molar-refractivity contribution < 1.29 is 19.5 Å². The number of aliphatic carboxylic acids is 1. The molecular weight excluding hydrogens is 406 g/mol. The third kappa shape index (κ3) is 4.25. The van der Waals surface area contributed by atoms with E-state index in [1.165, 1.54) is 18.1 Å². The third-order valence-corrected chi connectivity index (χ3v) is 6.79. The van der Waals surface area contributed by atoms with Crippen molar-refractivity contribution in [1.82, 2.24) is 15.5 Å². The summed E-state index contributed by atoms with van der Waals surface area (Å²) in [6.45, 7) is 3.03. The van der Waals surface area contributed by atoms with Crippen molar-refractivity contribution in [3.05, 3.63) is 71.3 Å². The van der Waals surface area contributed by atoms with Crippen molar-refractivity contribution in [2.24, 2.45) is 0 Å². The topological polar surface area (TPSA) is 98.7 Å². The van der Waals surface area contributed by atoms with Crippen LogP contribution in [-0.2, 0) is 32.8 Å². The van der Waals surface area contributed by atoms with Gasteiger partial charge in [-0.2, -0.15) is 0 Å². The van der Waals surface area contributed by atoms with Crippen LogP contribution in [0.3, 0.4) is 0 Å². The minimum Gasteiger partial charge on any atom is -0.480 e. The SMILES string of the molecule is CC(NC(=O)C1(c2ccccc2)CCN(C(=O)C2Cc3ccccc3CN2)CC1)C(=O)O. The van der Waals surface area contributed by atoms with Gasteiger partial charge in [0, 0.05) is 19.6 Å². The standard InChI is InChI=1S/C25H29N3O4/c1-17(23(30)31)27-24(32)25(20-9-3-2-4-10-20)11-13-28(14-12-25)22(29)21-15-18-7-5-6-8-19(18)16-26-21/h2-10,17,21,26H,11-16H2,1H3,(H,27,32)(H,30,31). The number of nitrogens with zero attached hydrogens (tertiary/aromatic N) is 1. The third-order valence-electron chi connectivity index (χ3n) is 6.79. The van der Waals surface area contributed by atoms with Crippen molar-refractivity contribution in [2.75, 3.05) is 13.1 Å². The van der Waals surface area contributed by atoms with Crippen molar-refractivity contribution in [3.63, 3.8) is 0 Å². The Morgan fingerprint density at radius 1 is 1.03 bits per heavy atom. The molecule has 2 atom stereocenters. The Kier molecular flexibility index (Phi) is 6.28. The monoisotopic (exact) mass is 435 g/mol. The number of carboxylic acids is 1. The van der Waals surface area contributed by atoms with E-state index in [4.69, 9.17) is 0 Å². The molecule has 1 fully saturated rings. The number of carboxylic acid groups (broad SMARTS) is 1. The molecule has 2 unspecified atom stereocenters. The molecule has 0 bridgehead atoms. The Bertz CT molecular complexity index is 999. The van der Waals surface area contributed by atoms with Gasteiger partial charge in [-0.15, -0.1) is 0 Å². The summed E-state index contributed by atoms with van der Waals surface area (Å²) in [5.41, 5.74) is 2.42. The number of carbonyl (C=O) groups excluding carboxylic acids is 2. The first-order valence-corrected chi connectivity index (χ1v) is 11.1. The van der Waals surface area contributed by atoms with Gasteiger partial charge in [0.15, 0.2) is 0 Å². The minimum absolute atomic E-state index is 0.0560. The lowest BCUT2D eigenvalue weighted by molar-refractivity contribution is -0.143. The van der Waals surface area contributed by atoms with Crippen LogP contribution >= 0.6 is 0 Å². The van der Waals surface area contributed by atoms with E-state index >= 15 is 0 Å². The molecule has 2 aliphatic rings. The first kappa shape index (κ1) is 22.0. The van der Waals surface area contributed by atoms with Gasteiger partial charge in [0.1, 0.15) is 6.04 Å². The van der Waals surface area contributed by atoms with Gasteiger partial charge in [-0.05, 0) is 42.9 Å². The summed E-state index contributed by atoms with van der Waals surface area (Å²) in [6.07, 6.45) is 1.56. The van der Waals surface area contributed by atoms with E-state index in [1.54, 1.807) is 0 Å². The molecule has 168 valence electrons. The van der Waals surface area contributed by atoms with Gasteiger partial charge in [-0.25, -0.2) is 0 Å². The zero-order valence-electron chi connectivity index (χ0n) is 18.2. The van der Waals surface area contributed by atoms with Crippen LogP contribution < -0.4 is 10.6 Å². The van der Waals surface area contributed by atoms with E-state index in [0.29, 0.717) is 38.9 Å². The van der Waals surface area contributed by atoms with Crippen molar-refractivity contribution in [1.29, 1.82) is 0 Å². The molecule has 7 nitrogen and oxygen atoms in total. The first-order valence-electron chi connectivity index (χ1n) is 11.1. The molecule has 3 N–H and O–H groups in total. The number of piperidine rings is 1. The fraction of sp³-hybridized carbons (Fsp3) is 0.400. The Balaban J connectivity index is 1.48. The second kappa shape index (κ2) is 9.12. The molecule has 0 saturated carbocycles. The van der Waals surface area contributed by atoms with Gasteiger partial charge in [0.25, 0.3) is 0 Å². The van der Waals surface area contributed by atoms with Crippen molar-refractivity contribution >= 4 is 17.8 Å². The highest BCUT2D eigenvalue weighted by Gasteiger charge is 2.45. The smallest absolute Gasteiger partial charge is 0.325 e. The predicted octanol–water partition coefficient (Wildman–Crippen LogP) is 1.85. The number of likely N-dealkylation sites (tertiary alicyclic amines) is 1. The van der Waals surface area contributed by atoms with Crippen LogP contribution in [0.25, 0.3) is 0 Å². The van der Waals surface area contributed by atoms with E-state index in [-0.39, 0.29) is 17.9 Å². The summed E-state index contributed by atoms with van der Waals surface area (Å²) < 4.78 is 0. The summed E-state index contributed by atoms with van der Waals surface area (Å²) in [5.74, 6) is -1.31. The molecule has 32 heavy (non-hydrogen) atoms. The Labute approximate surface area is 187 Å². The molecule has 4 rings (SSSR count). The highest BCUT2D eigenvalue weighted by molar-refractivity contribution is 5.92. The maximum absolute atomic E-state index is 13.3. The van der Waals surface area contributed by atoms with Crippen LogP contribution in [0.15, 0.2) is 54.6 Å². The number of rotatable bonds is 5. The number of carbonyl (C=O) groups is 3. The summed E-state index contributed by atoms with van der Waals surface area (Å²) in [4.78, 5) is 39.6. The van der Waals surface area contributed by atoms with E-state index in [0.717, 1.165) is 5.56 Å². The van der Waals surface area contributed by atoms with Crippen LogP contribution in [0.2, 0.25) is 0 Å². The first-order chi connectivity index (χ1) is 15.4. The molecule has 2 aromatic rings. The Morgan fingerprint density at radius 2 is 1.66 bits per heavy atom. The number of fused-ring (bicyclic) bond motifs is 1. The van der Waals surface area contributed by atoms with E-state index in [1.807, 2.05) is 47.4 Å². The molecule has 2 aliphatic heterocycles. The number of hydrogen-bond donors (Lipinski definition) is 3. The normalized spacial score (nSPS) is 20.7. The van der Waals surface area contributed by atoms with Crippen LogP contribution in [0.5, 0.6) is 0 Å². The van der Waals surface area contributed by atoms with Crippen molar-refractivity contribution in [2.45, 2.75) is 50.2 Å². The molecule has 2 amide bonds. The molecule has 1 saturated heterocycles. The minimum atomic E-state index is -1.07. The van der Waals surface area contributed by atoms with Crippen LogP contribution in [0, 0.1) is 0 Å². The summed E-state index contributed by atoms with van der Waals surface area (Å²) >= 11 is 0. The number of hydrogen-bond acceptors (Lipinski definition) is 4. The lowest BCUT2D eigenvalue weighted by atomic mass is 9.71. The fourth-order valence-corrected chi connectivity index (χ4v) is 4.76. The van der Waals surface area contributed by atoms with Crippen LogP contribution in [0.4, 0.5) is 0 Å². The largest absolute Gasteiger partial charge is 0.480 e. The van der Waals surface area contributed by atoms with Gasteiger partial charge >= 0.3 is 5.97 Å². The molecule has 2 aromatic carbocycles. The average molecular weight is 436 g/mol. The lowest BCUT2D eigenvalue weighted by Crippen LogP contribution is -2.57. The van der Waals surface area contributed by atoms with E-state index in [9.17, 15) is 19.5 Å². The van der Waals surface area contributed by atoms with Gasteiger partial charge < -0.3 is 20.6 Å². The van der Waals surface area contributed by atoms with Crippen LogP contribution in [0.1, 0.15) is 36.5 Å². The number of amides is 2. The number of benzene rings is 2. The second-order valence-electron chi connectivity index (χ2n) is 8.71. The second-order valence-corrected chi connectivity index (χ2v) is 8.71. The van der Waals surface area contributed by atoms with E-state index in [2.05, 4.69) is 22.8 Å². The Morgan fingerprint density at radius 3 is 2.31 bits per heavy atom. The van der Waals surface area contributed by atoms with Gasteiger partial charge in [-0.1, -0.05) is 54.6 Å². The fourth-order valence-electron chi connectivity index (χ4n) is 4.76. The summed E-state index contributed by atoms with van der Waals surface area (Å²) in [7, 11) is 0. The lowest BCUT2D eigenvalue weighted by Gasteiger charge is -2.42. The maximum atomic E-state index is 13.3. The molecule has 7 heteroatoms. The quantitative estimate of drug-likeness (QED) is 0.666. The van der Waals surface area contributed by atoms with Gasteiger partial charge in [0.2, 0.25) is 11.8 Å². The molecule has 0 aliphatic carbocycles. The van der Waals surface area contributed by atoms with Crippen LogP contribution in [-0.4, -0.2) is 53.0 Å².